The number of ether oxygens (including phenoxy) is 2. The molecule has 0 aliphatic rings. The Hall–Kier alpha value is -4.74. The van der Waals surface area contributed by atoms with E-state index in [0.29, 0.717) is 29.7 Å². The van der Waals surface area contributed by atoms with Gasteiger partial charge in [0.2, 0.25) is 5.95 Å². The molecular formula is C28H35N7O5. The summed E-state index contributed by atoms with van der Waals surface area (Å²) in [5, 5.41) is 3.32. The fourth-order valence-corrected chi connectivity index (χ4v) is 4.17. The number of carbonyl (C=O) groups is 3. The van der Waals surface area contributed by atoms with Gasteiger partial charge in [-0.2, -0.15) is 9.97 Å². The first-order chi connectivity index (χ1) is 19.2. The Morgan fingerprint density at radius 1 is 1.10 bits per heavy atom. The highest BCUT2D eigenvalue weighted by Gasteiger charge is 2.24. The maximum absolute atomic E-state index is 13.0. The minimum Gasteiger partial charge on any atom is -0.466 e. The standard InChI is InChI=1S/C28H35N7O5/c1-5-14-35(16-19-15-31-25-23(17(19)4)24(29)33-28(30)34-25)20-10-8-18(9-11-20)26(37)32-21(27(38)40-7-3)12-13-22(36)39-6-2/h5,8-11,15,21H,1,6-7,12-14,16H2,2-4H3,(H,32,37)(H4,29,30,31,33,34)/t21-/m0/s1. The van der Waals surface area contributed by atoms with Crippen LogP contribution in [0.2, 0.25) is 0 Å². The van der Waals surface area contributed by atoms with Crippen molar-refractivity contribution in [3.63, 3.8) is 0 Å². The summed E-state index contributed by atoms with van der Waals surface area (Å²) in [7, 11) is 0. The summed E-state index contributed by atoms with van der Waals surface area (Å²) in [5.74, 6) is -1.19. The molecule has 0 fully saturated rings. The second kappa shape index (κ2) is 13.9. The van der Waals surface area contributed by atoms with E-state index < -0.39 is 23.9 Å². The number of aryl methyl sites for hydroxylation is 1. The van der Waals surface area contributed by atoms with Crippen LogP contribution in [0.3, 0.4) is 0 Å². The molecule has 1 atom stereocenters. The van der Waals surface area contributed by atoms with Crippen molar-refractivity contribution in [2.24, 2.45) is 0 Å². The molecule has 12 nitrogen and oxygen atoms in total. The quantitative estimate of drug-likeness (QED) is 0.211. The number of nitrogens with two attached hydrogens (primary N) is 2. The fourth-order valence-electron chi connectivity index (χ4n) is 4.17. The molecule has 12 heteroatoms. The molecule has 1 amide bonds. The summed E-state index contributed by atoms with van der Waals surface area (Å²) in [6.07, 6.45) is 3.54. The second-order valence-electron chi connectivity index (χ2n) is 8.91. The van der Waals surface area contributed by atoms with Crippen LogP contribution in [0.25, 0.3) is 11.0 Å². The number of pyridine rings is 1. The van der Waals surface area contributed by atoms with Gasteiger partial charge in [0, 0.05) is 37.0 Å². The summed E-state index contributed by atoms with van der Waals surface area (Å²) in [6, 6.07) is 5.95. The molecular weight excluding hydrogens is 514 g/mol. The highest BCUT2D eigenvalue weighted by Crippen LogP contribution is 2.26. The molecule has 0 aliphatic heterocycles. The molecule has 0 bridgehead atoms. The normalized spacial score (nSPS) is 11.5. The van der Waals surface area contributed by atoms with E-state index in [-0.39, 0.29) is 37.8 Å². The Morgan fingerprint density at radius 2 is 1.80 bits per heavy atom. The van der Waals surface area contributed by atoms with Crippen LogP contribution in [0.1, 0.15) is 48.2 Å². The molecule has 212 valence electrons. The van der Waals surface area contributed by atoms with Crippen molar-refractivity contribution >= 4 is 46.3 Å². The fraction of sp³-hybridized carbons (Fsp3) is 0.357. The lowest BCUT2D eigenvalue weighted by Crippen LogP contribution is -2.42. The summed E-state index contributed by atoms with van der Waals surface area (Å²) >= 11 is 0. The predicted octanol–water partition coefficient (Wildman–Crippen LogP) is 2.70. The molecule has 0 unspecified atom stereocenters. The van der Waals surface area contributed by atoms with E-state index >= 15 is 0 Å². The molecule has 5 N–H and O–H groups in total. The first-order valence-electron chi connectivity index (χ1n) is 12.9. The average molecular weight is 550 g/mol. The van der Waals surface area contributed by atoms with Gasteiger partial charge in [-0.3, -0.25) is 9.59 Å². The Bertz CT molecular complexity index is 1380. The zero-order valence-corrected chi connectivity index (χ0v) is 23.0. The van der Waals surface area contributed by atoms with Crippen LogP contribution in [0.5, 0.6) is 0 Å². The minimum atomic E-state index is -0.982. The van der Waals surface area contributed by atoms with Crippen molar-refractivity contribution in [1.82, 2.24) is 20.3 Å². The van der Waals surface area contributed by atoms with Crippen molar-refractivity contribution in [2.45, 2.75) is 46.2 Å². The summed E-state index contributed by atoms with van der Waals surface area (Å²) in [6.45, 7) is 10.5. The van der Waals surface area contributed by atoms with E-state index in [1.165, 1.54) is 0 Å². The van der Waals surface area contributed by atoms with E-state index in [1.54, 1.807) is 50.4 Å². The van der Waals surface area contributed by atoms with Gasteiger partial charge in [-0.25, -0.2) is 9.78 Å². The van der Waals surface area contributed by atoms with Gasteiger partial charge in [-0.1, -0.05) is 6.08 Å². The number of aromatic nitrogens is 3. The molecule has 2 aromatic heterocycles. The van der Waals surface area contributed by atoms with E-state index in [2.05, 4.69) is 31.7 Å². The van der Waals surface area contributed by atoms with Gasteiger partial charge in [-0.15, -0.1) is 6.58 Å². The Labute approximate surface area is 232 Å². The number of amides is 1. The van der Waals surface area contributed by atoms with Crippen molar-refractivity contribution < 1.29 is 23.9 Å². The summed E-state index contributed by atoms with van der Waals surface area (Å²) in [5.41, 5.74) is 15.2. The highest BCUT2D eigenvalue weighted by molar-refractivity contribution is 5.97. The molecule has 1 aromatic carbocycles. The average Bonchev–Trinajstić information content (AvgIpc) is 2.92. The Morgan fingerprint density at radius 3 is 2.45 bits per heavy atom. The largest absolute Gasteiger partial charge is 0.466 e. The van der Waals surface area contributed by atoms with Crippen LogP contribution in [-0.4, -0.2) is 58.6 Å². The minimum absolute atomic E-state index is 0.0265. The lowest BCUT2D eigenvalue weighted by Gasteiger charge is -2.25. The molecule has 2 heterocycles. The number of anilines is 3. The maximum atomic E-state index is 13.0. The van der Waals surface area contributed by atoms with Gasteiger partial charge in [0.1, 0.15) is 11.9 Å². The van der Waals surface area contributed by atoms with E-state index in [0.717, 1.165) is 16.8 Å². The van der Waals surface area contributed by atoms with Crippen LogP contribution >= 0.6 is 0 Å². The number of nitrogens with zero attached hydrogens (tertiary/aromatic N) is 4. The van der Waals surface area contributed by atoms with Crippen LogP contribution in [0, 0.1) is 6.92 Å². The number of nitrogens with one attached hydrogen (secondary N) is 1. The van der Waals surface area contributed by atoms with Crippen LogP contribution in [-0.2, 0) is 25.6 Å². The van der Waals surface area contributed by atoms with Crippen LogP contribution in [0.4, 0.5) is 17.5 Å². The summed E-state index contributed by atoms with van der Waals surface area (Å²) in [4.78, 5) is 51.8. The zero-order valence-electron chi connectivity index (χ0n) is 23.0. The second-order valence-corrected chi connectivity index (χ2v) is 8.91. The lowest BCUT2D eigenvalue weighted by atomic mass is 10.1. The van der Waals surface area contributed by atoms with Gasteiger partial charge in [0.05, 0.1) is 18.6 Å². The molecule has 0 saturated heterocycles. The zero-order chi connectivity index (χ0) is 29.2. The van der Waals surface area contributed by atoms with E-state index in [4.69, 9.17) is 20.9 Å². The SMILES string of the molecule is C=CCN(Cc1cnc2nc(N)nc(N)c2c1C)c1ccc(C(=O)N[C@@H](CCC(=O)OCC)C(=O)OCC)cc1. The van der Waals surface area contributed by atoms with Crippen molar-refractivity contribution in [2.75, 3.05) is 36.1 Å². The number of hydrogen-bond donors (Lipinski definition) is 3. The monoisotopic (exact) mass is 549 g/mol. The third-order valence-corrected chi connectivity index (χ3v) is 6.16. The molecule has 0 saturated carbocycles. The Kier molecular flexibility index (Phi) is 10.3. The third kappa shape index (κ3) is 7.43. The number of carbonyl (C=O) groups excluding carboxylic acids is 3. The molecule has 3 aromatic rings. The predicted molar refractivity (Wildman–Crippen MR) is 152 cm³/mol. The van der Waals surface area contributed by atoms with Gasteiger partial charge in [-0.05, 0) is 62.6 Å². The van der Waals surface area contributed by atoms with Gasteiger partial charge < -0.3 is 31.2 Å². The van der Waals surface area contributed by atoms with Crippen molar-refractivity contribution in [3.8, 4) is 0 Å². The number of benzene rings is 1. The third-order valence-electron chi connectivity index (χ3n) is 6.16. The molecule has 0 spiro atoms. The number of hydrogen-bond acceptors (Lipinski definition) is 11. The topological polar surface area (TPSA) is 176 Å². The number of esters is 2. The van der Waals surface area contributed by atoms with E-state index in [9.17, 15) is 14.4 Å². The van der Waals surface area contributed by atoms with Gasteiger partial charge in [0.25, 0.3) is 5.91 Å². The molecule has 0 radical (unpaired) electrons. The molecule has 0 aliphatic carbocycles. The summed E-state index contributed by atoms with van der Waals surface area (Å²) < 4.78 is 9.99. The van der Waals surface area contributed by atoms with Crippen LogP contribution < -0.4 is 21.7 Å². The molecule has 40 heavy (non-hydrogen) atoms. The smallest absolute Gasteiger partial charge is 0.328 e. The van der Waals surface area contributed by atoms with Crippen LogP contribution in [0.15, 0.2) is 43.1 Å². The van der Waals surface area contributed by atoms with Crippen molar-refractivity contribution in [1.29, 1.82) is 0 Å². The number of fused-ring (bicyclic) bond motifs is 1. The van der Waals surface area contributed by atoms with E-state index in [1.807, 2.05) is 6.92 Å². The number of rotatable bonds is 13. The highest BCUT2D eigenvalue weighted by atomic mass is 16.5. The lowest BCUT2D eigenvalue weighted by molar-refractivity contribution is -0.146. The number of nitrogen functional groups attached to an aromatic ring is 2. The molecule has 3 rings (SSSR count). The Balaban J connectivity index is 1.77. The van der Waals surface area contributed by atoms with Gasteiger partial charge >= 0.3 is 11.9 Å². The van der Waals surface area contributed by atoms with Crippen molar-refractivity contribution in [3.05, 3.63) is 59.8 Å². The first-order valence-corrected chi connectivity index (χ1v) is 12.9. The first kappa shape index (κ1) is 29.8. The maximum Gasteiger partial charge on any atom is 0.328 e. The van der Waals surface area contributed by atoms with Gasteiger partial charge in [0.15, 0.2) is 5.65 Å².